The second-order valence-electron chi connectivity index (χ2n) is 4.61. The van der Waals surface area contributed by atoms with Crippen molar-refractivity contribution in [2.75, 3.05) is 0 Å². The highest BCUT2D eigenvalue weighted by molar-refractivity contribution is 6.30. The lowest BCUT2D eigenvalue weighted by Crippen LogP contribution is -2.30. The predicted molar refractivity (Wildman–Crippen MR) is 81.0 cm³/mol. The Labute approximate surface area is 119 Å². The lowest BCUT2D eigenvalue weighted by molar-refractivity contribution is 0.548. The van der Waals surface area contributed by atoms with Gasteiger partial charge in [0, 0.05) is 5.02 Å². The molecule has 3 heteroatoms. The van der Waals surface area contributed by atoms with E-state index in [2.05, 4.69) is 42.7 Å². The number of hydrazine groups is 1. The van der Waals surface area contributed by atoms with E-state index in [0.29, 0.717) is 0 Å². The molecule has 0 aliphatic carbocycles. The van der Waals surface area contributed by atoms with E-state index in [1.165, 1.54) is 16.7 Å². The molecule has 0 aliphatic heterocycles. The summed E-state index contributed by atoms with van der Waals surface area (Å²) in [6.45, 7) is 2.16. The van der Waals surface area contributed by atoms with Gasteiger partial charge in [0.05, 0.1) is 6.04 Å². The number of benzene rings is 2. The van der Waals surface area contributed by atoms with Crippen molar-refractivity contribution in [2.45, 2.75) is 25.8 Å². The number of aryl methyl sites for hydroxylation is 1. The summed E-state index contributed by atoms with van der Waals surface area (Å²) in [5.74, 6) is 5.73. The molecular weight excluding hydrogens is 256 g/mol. The molecule has 0 amide bonds. The Hall–Kier alpha value is -1.35. The number of hydrogen-bond acceptors (Lipinski definition) is 2. The van der Waals surface area contributed by atoms with Gasteiger partial charge in [-0.2, -0.15) is 0 Å². The zero-order valence-electron chi connectivity index (χ0n) is 11.1. The van der Waals surface area contributed by atoms with Crippen LogP contribution in [0.5, 0.6) is 0 Å². The topological polar surface area (TPSA) is 38.0 Å². The van der Waals surface area contributed by atoms with Crippen LogP contribution in [0, 0.1) is 0 Å². The first-order valence-corrected chi connectivity index (χ1v) is 6.90. The van der Waals surface area contributed by atoms with Gasteiger partial charge in [0.25, 0.3) is 0 Å². The van der Waals surface area contributed by atoms with E-state index < -0.39 is 0 Å². The quantitative estimate of drug-likeness (QED) is 0.645. The average molecular weight is 275 g/mol. The Morgan fingerprint density at radius 1 is 1.16 bits per heavy atom. The normalized spacial score (nSPS) is 12.4. The highest BCUT2D eigenvalue weighted by Gasteiger charge is 2.13. The largest absolute Gasteiger partial charge is 0.271 e. The Morgan fingerprint density at radius 2 is 1.95 bits per heavy atom. The Kier molecular flexibility index (Phi) is 4.97. The minimum absolute atomic E-state index is 0.106. The number of halogens is 1. The van der Waals surface area contributed by atoms with E-state index in [0.717, 1.165) is 17.9 Å². The number of hydrogen-bond donors (Lipinski definition) is 2. The smallest absolute Gasteiger partial charge is 0.0503 e. The highest BCUT2D eigenvalue weighted by atomic mass is 35.5. The maximum absolute atomic E-state index is 6.02. The van der Waals surface area contributed by atoms with E-state index in [-0.39, 0.29) is 6.04 Å². The fraction of sp³-hybridized carbons (Fsp3) is 0.250. The van der Waals surface area contributed by atoms with Crippen molar-refractivity contribution < 1.29 is 0 Å². The maximum Gasteiger partial charge on any atom is 0.0503 e. The van der Waals surface area contributed by atoms with Crippen molar-refractivity contribution >= 4 is 11.6 Å². The van der Waals surface area contributed by atoms with E-state index in [4.69, 9.17) is 17.4 Å². The molecular formula is C16H19ClN2. The van der Waals surface area contributed by atoms with Crippen LogP contribution in [0.2, 0.25) is 5.02 Å². The van der Waals surface area contributed by atoms with Crippen molar-refractivity contribution in [2.24, 2.45) is 5.84 Å². The van der Waals surface area contributed by atoms with Crippen LogP contribution in [-0.4, -0.2) is 0 Å². The summed E-state index contributed by atoms with van der Waals surface area (Å²) in [6, 6.07) is 16.4. The predicted octanol–water partition coefficient (Wildman–Crippen LogP) is 3.65. The third kappa shape index (κ3) is 3.57. The average Bonchev–Trinajstić information content (AvgIpc) is 2.45. The monoisotopic (exact) mass is 274 g/mol. The number of nitrogens with two attached hydrogens (primary N) is 1. The minimum atomic E-state index is 0.106. The summed E-state index contributed by atoms with van der Waals surface area (Å²) in [6.07, 6.45) is 1.83. The number of nitrogens with one attached hydrogen (secondary N) is 1. The SMILES string of the molecule is CCc1ccccc1C(Cc1cccc(Cl)c1)NN. The summed E-state index contributed by atoms with van der Waals surface area (Å²) >= 11 is 6.02. The molecule has 2 aromatic carbocycles. The molecule has 0 bridgehead atoms. The lowest BCUT2D eigenvalue weighted by atomic mass is 9.94. The van der Waals surface area contributed by atoms with Crippen molar-refractivity contribution in [1.82, 2.24) is 5.43 Å². The molecule has 0 fully saturated rings. The van der Waals surface area contributed by atoms with Crippen molar-refractivity contribution in [3.63, 3.8) is 0 Å². The molecule has 1 unspecified atom stereocenters. The molecule has 3 N–H and O–H groups in total. The van der Waals surface area contributed by atoms with Crippen molar-refractivity contribution in [3.8, 4) is 0 Å². The molecule has 100 valence electrons. The Morgan fingerprint density at radius 3 is 2.63 bits per heavy atom. The second-order valence-corrected chi connectivity index (χ2v) is 5.04. The molecule has 0 radical (unpaired) electrons. The molecule has 0 aliphatic rings. The molecule has 2 nitrogen and oxygen atoms in total. The van der Waals surface area contributed by atoms with Gasteiger partial charge in [-0.15, -0.1) is 0 Å². The summed E-state index contributed by atoms with van der Waals surface area (Å²) in [7, 11) is 0. The standard InChI is InChI=1S/C16H19ClN2/c1-2-13-7-3-4-9-15(13)16(19-18)11-12-6-5-8-14(17)10-12/h3-10,16,19H,2,11,18H2,1H3. The van der Waals surface area contributed by atoms with Crippen LogP contribution in [0.3, 0.4) is 0 Å². The third-order valence-corrected chi connectivity index (χ3v) is 3.58. The van der Waals surface area contributed by atoms with Gasteiger partial charge in [0.1, 0.15) is 0 Å². The lowest BCUT2D eigenvalue weighted by Gasteiger charge is -2.19. The first-order chi connectivity index (χ1) is 9.24. The summed E-state index contributed by atoms with van der Waals surface area (Å²) in [4.78, 5) is 0. The van der Waals surface area contributed by atoms with Crippen molar-refractivity contribution in [1.29, 1.82) is 0 Å². The molecule has 0 spiro atoms. The minimum Gasteiger partial charge on any atom is -0.271 e. The van der Waals surface area contributed by atoms with E-state index in [1.807, 2.05) is 18.2 Å². The summed E-state index contributed by atoms with van der Waals surface area (Å²) in [5.41, 5.74) is 6.68. The van der Waals surface area contributed by atoms with Gasteiger partial charge in [-0.25, -0.2) is 0 Å². The highest BCUT2D eigenvalue weighted by Crippen LogP contribution is 2.23. The first-order valence-electron chi connectivity index (χ1n) is 6.53. The fourth-order valence-electron chi connectivity index (χ4n) is 2.35. The van der Waals surface area contributed by atoms with Gasteiger partial charge in [0.2, 0.25) is 0 Å². The second kappa shape index (κ2) is 6.71. The van der Waals surface area contributed by atoms with Gasteiger partial charge in [0.15, 0.2) is 0 Å². The van der Waals surface area contributed by atoms with Gasteiger partial charge >= 0.3 is 0 Å². The first kappa shape index (κ1) is 14.1. The Bertz CT molecular complexity index is 540. The molecule has 2 aromatic rings. The van der Waals surface area contributed by atoms with E-state index in [9.17, 15) is 0 Å². The zero-order chi connectivity index (χ0) is 13.7. The van der Waals surface area contributed by atoms with E-state index >= 15 is 0 Å². The van der Waals surface area contributed by atoms with Crippen LogP contribution >= 0.6 is 11.6 Å². The van der Waals surface area contributed by atoms with Crippen LogP contribution in [0.25, 0.3) is 0 Å². The molecule has 0 saturated heterocycles. The molecule has 0 heterocycles. The molecule has 1 atom stereocenters. The van der Waals surface area contributed by atoms with Crippen molar-refractivity contribution in [3.05, 3.63) is 70.2 Å². The Balaban J connectivity index is 2.25. The fourth-order valence-corrected chi connectivity index (χ4v) is 2.57. The summed E-state index contributed by atoms with van der Waals surface area (Å²) < 4.78 is 0. The van der Waals surface area contributed by atoms with Crippen LogP contribution < -0.4 is 11.3 Å². The number of rotatable bonds is 5. The van der Waals surface area contributed by atoms with Gasteiger partial charge in [-0.1, -0.05) is 54.9 Å². The maximum atomic E-state index is 6.02. The van der Waals surface area contributed by atoms with Crippen LogP contribution in [0.4, 0.5) is 0 Å². The third-order valence-electron chi connectivity index (χ3n) is 3.34. The molecule has 0 saturated carbocycles. The van der Waals surface area contributed by atoms with Gasteiger partial charge in [-0.3, -0.25) is 11.3 Å². The molecule has 0 aromatic heterocycles. The van der Waals surface area contributed by atoms with Crippen LogP contribution in [-0.2, 0) is 12.8 Å². The zero-order valence-corrected chi connectivity index (χ0v) is 11.8. The van der Waals surface area contributed by atoms with Crippen LogP contribution in [0.15, 0.2) is 48.5 Å². The van der Waals surface area contributed by atoms with E-state index in [1.54, 1.807) is 0 Å². The van der Waals surface area contributed by atoms with Gasteiger partial charge < -0.3 is 0 Å². The van der Waals surface area contributed by atoms with Crippen LogP contribution in [0.1, 0.15) is 29.7 Å². The molecule has 2 rings (SSSR count). The van der Waals surface area contributed by atoms with Gasteiger partial charge in [-0.05, 0) is 41.7 Å². The molecule has 19 heavy (non-hydrogen) atoms. The summed E-state index contributed by atoms with van der Waals surface area (Å²) in [5, 5.41) is 0.761.